The van der Waals surface area contributed by atoms with Crippen molar-refractivity contribution in [1.29, 1.82) is 0 Å². The summed E-state index contributed by atoms with van der Waals surface area (Å²) in [6, 6.07) is 0. The Morgan fingerprint density at radius 3 is 2.76 bits per heavy atom. The van der Waals surface area contributed by atoms with Gasteiger partial charge < -0.3 is 14.9 Å². The lowest BCUT2D eigenvalue weighted by molar-refractivity contribution is -0.137. The molecule has 2 aliphatic rings. The Balaban J connectivity index is 1.78. The lowest BCUT2D eigenvalue weighted by atomic mass is 9.77. The molecule has 0 spiro atoms. The summed E-state index contributed by atoms with van der Waals surface area (Å²) in [7, 11) is 0. The second-order valence-electron chi connectivity index (χ2n) is 7.47. The van der Waals surface area contributed by atoms with Crippen LogP contribution >= 0.6 is 0 Å². The van der Waals surface area contributed by atoms with Gasteiger partial charge in [-0.1, -0.05) is 50.5 Å². The minimum atomic E-state index is -0.724. The van der Waals surface area contributed by atoms with E-state index < -0.39 is 5.97 Å². The Morgan fingerprint density at radius 1 is 1.20 bits per heavy atom. The fourth-order valence-electron chi connectivity index (χ4n) is 4.09. The number of carboxylic acids is 1. The second-order valence-corrected chi connectivity index (χ2v) is 7.47. The maximum atomic E-state index is 10.5. The Kier molecular flexibility index (Phi) is 8.70. The average Bonchev–Trinajstić information content (AvgIpc) is 3.17. The molecule has 2 saturated heterocycles. The van der Waals surface area contributed by atoms with Crippen molar-refractivity contribution in [3.05, 3.63) is 24.3 Å². The van der Waals surface area contributed by atoms with E-state index in [1.54, 1.807) is 0 Å². The molecule has 0 amide bonds. The Labute approximate surface area is 152 Å². The van der Waals surface area contributed by atoms with Crippen LogP contribution in [-0.4, -0.2) is 34.5 Å². The third kappa shape index (κ3) is 6.59. The molecule has 4 nitrogen and oxygen atoms in total. The number of hydrogen-bond acceptors (Lipinski definition) is 3. The number of unbranched alkanes of at least 4 members (excludes halogenated alkanes) is 3. The van der Waals surface area contributed by atoms with E-state index in [-0.39, 0.29) is 12.5 Å². The van der Waals surface area contributed by atoms with Crippen LogP contribution in [0.15, 0.2) is 24.3 Å². The third-order valence-corrected chi connectivity index (χ3v) is 5.48. The highest BCUT2D eigenvalue weighted by Gasteiger charge is 2.46. The number of hydrogen-bond donors (Lipinski definition) is 2. The van der Waals surface area contributed by atoms with Crippen LogP contribution in [0.4, 0.5) is 0 Å². The van der Waals surface area contributed by atoms with E-state index in [9.17, 15) is 9.90 Å². The van der Waals surface area contributed by atoms with Crippen molar-refractivity contribution in [2.24, 2.45) is 11.8 Å². The molecule has 142 valence electrons. The van der Waals surface area contributed by atoms with Crippen molar-refractivity contribution in [2.45, 2.75) is 89.4 Å². The zero-order valence-corrected chi connectivity index (χ0v) is 15.5. The summed E-state index contributed by atoms with van der Waals surface area (Å²) in [5, 5.41) is 18.8. The zero-order valence-electron chi connectivity index (χ0n) is 15.5. The Morgan fingerprint density at radius 2 is 2.00 bits per heavy atom. The van der Waals surface area contributed by atoms with Gasteiger partial charge in [-0.3, -0.25) is 4.79 Å². The minimum absolute atomic E-state index is 0.239. The van der Waals surface area contributed by atoms with Crippen molar-refractivity contribution in [3.63, 3.8) is 0 Å². The van der Waals surface area contributed by atoms with Gasteiger partial charge in [0.15, 0.2) is 0 Å². The number of aliphatic hydroxyl groups excluding tert-OH is 1. The molecular weight excluding hydrogens is 316 g/mol. The lowest BCUT2D eigenvalue weighted by Gasteiger charge is -2.25. The van der Waals surface area contributed by atoms with E-state index in [0.717, 1.165) is 38.5 Å². The van der Waals surface area contributed by atoms with E-state index >= 15 is 0 Å². The van der Waals surface area contributed by atoms with Crippen LogP contribution in [0.3, 0.4) is 0 Å². The first-order valence-corrected chi connectivity index (χ1v) is 10.0. The molecule has 1 unspecified atom stereocenters. The molecule has 2 N–H and O–H groups in total. The Hall–Kier alpha value is -1.13. The van der Waals surface area contributed by atoms with Crippen LogP contribution in [0.25, 0.3) is 0 Å². The molecule has 2 rings (SSSR count). The van der Waals surface area contributed by atoms with E-state index in [4.69, 9.17) is 9.84 Å². The average molecular weight is 350 g/mol. The molecule has 0 radical (unpaired) electrons. The zero-order chi connectivity index (χ0) is 18.1. The predicted octanol–water partition coefficient (Wildman–Crippen LogP) is 4.48. The van der Waals surface area contributed by atoms with Crippen LogP contribution in [0.5, 0.6) is 0 Å². The predicted molar refractivity (Wildman–Crippen MR) is 99.4 cm³/mol. The molecule has 5 atom stereocenters. The summed E-state index contributed by atoms with van der Waals surface area (Å²) >= 11 is 0. The lowest BCUT2D eigenvalue weighted by Crippen LogP contribution is -2.25. The molecule has 0 aromatic heterocycles. The molecule has 2 heterocycles. The van der Waals surface area contributed by atoms with Crippen molar-refractivity contribution >= 4 is 5.97 Å². The quantitative estimate of drug-likeness (QED) is 0.402. The third-order valence-electron chi connectivity index (χ3n) is 5.48. The molecular formula is C21H34O4. The van der Waals surface area contributed by atoms with Crippen LogP contribution in [-0.2, 0) is 9.53 Å². The van der Waals surface area contributed by atoms with Crippen molar-refractivity contribution in [1.82, 2.24) is 0 Å². The second kappa shape index (κ2) is 10.8. The summed E-state index contributed by atoms with van der Waals surface area (Å²) < 4.78 is 6.09. The van der Waals surface area contributed by atoms with E-state index in [1.165, 1.54) is 12.8 Å². The Bertz CT molecular complexity index is 457. The molecule has 4 heteroatoms. The van der Waals surface area contributed by atoms with E-state index in [1.807, 2.05) is 6.08 Å². The molecule has 0 aromatic rings. The maximum absolute atomic E-state index is 10.5. The fraction of sp³-hybridized carbons (Fsp3) is 0.762. The number of rotatable bonds is 12. The fourth-order valence-corrected chi connectivity index (χ4v) is 4.09. The smallest absolute Gasteiger partial charge is 0.303 e. The molecule has 2 bridgehead atoms. The van der Waals surface area contributed by atoms with Gasteiger partial charge in [0.2, 0.25) is 0 Å². The summed E-state index contributed by atoms with van der Waals surface area (Å²) in [6.07, 6.45) is 18.1. The van der Waals surface area contributed by atoms with E-state index in [2.05, 4.69) is 25.2 Å². The first-order valence-electron chi connectivity index (χ1n) is 10.0. The number of aliphatic carboxylic acids is 1. The monoisotopic (exact) mass is 350 g/mol. The highest BCUT2D eigenvalue weighted by Crippen LogP contribution is 2.45. The van der Waals surface area contributed by atoms with E-state index in [0.29, 0.717) is 30.5 Å². The van der Waals surface area contributed by atoms with Gasteiger partial charge in [-0.15, -0.1) is 0 Å². The molecule has 0 saturated carbocycles. The van der Waals surface area contributed by atoms with Gasteiger partial charge in [0.1, 0.15) is 0 Å². The van der Waals surface area contributed by atoms with Gasteiger partial charge in [0.05, 0.1) is 18.3 Å². The topological polar surface area (TPSA) is 66.8 Å². The highest BCUT2D eigenvalue weighted by molar-refractivity contribution is 5.66. The minimum Gasteiger partial charge on any atom is -0.481 e. The van der Waals surface area contributed by atoms with Gasteiger partial charge in [-0.25, -0.2) is 0 Å². The standard InChI is InChI=1S/C21H34O4/c1-2-3-6-9-16(22)12-13-18-17(19-14-15-20(18)25-19)10-7-4-5-8-11-21(23)24/h4,7,12-13,16-20,22H,2-3,5-6,8-11,14-15H2,1H3,(H,23,24)/b7-4-,13-12+/t16?,17-,18+,19+,20-/m1/s1. The first kappa shape index (κ1) is 20.2. The van der Waals surface area contributed by atoms with Crippen LogP contribution in [0.1, 0.15) is 71.1 Å². The number of allylic oxidation sites excluding steroid dienone is 2. The van der Waals surface area contributed by atoms with Gasteiger partial charge in [-0.05, 0) is 44.4 Å². The number of carbonyl (C=O) groups is 1. The van der Waals surface area contributed by atoms with Gasteiger partial charge in [0.25, 0.3) is 0 Å². The number of aliphatic hydroxyl groups is 1. The van der Waals surface area contributed by atoms with Crippen LogP contribution < -0.4 is 0 Å². The summed E-state index contributed by atoms with van der Waals surface area (Å²) in [6.45, 7) is 2.18. The van der Waals surface area contributed by atoms with Crippen molar-refractivity contribution < 1.29 is 19.7 Å². The molecule has 2 fully saturated rings. The largest absolute Gasteiger partial charge is 0.481 e. The van der Waals surface area contributed by atoms with Crippen LogP contribution in [0.2, 0.25) is 0 Å². The van der Waals surface area contributed by atoms with Crippen LogP contribution in [0, 0.1) is 11.8 Å². The van der Waals surface area contributed by atoms with Gasteiger partial charge in [-0.2, -0.15) is 0 Å². The maximum Gasteiger partial charge on any atom is 0.303 e. The molecule has 0 aliphatic carbocycles. The summed E-state index contributed by atoms with van der Waals surface area (Å²) in [4.78, 5) is 10.5. The van der Waals surface area contributed by atoms with Crippen molar-refractivity contribution in [2.75, 3.05) is 0 Å². The molecule has 2 aliphatic heterocycles. The van der Waals surface area contributed by atoms with Crippen molar-refractivity contribution in [3.8, 4) is 0 Å². The number of carboxylic acid groups (broad SMARTS) is 1. The number of ether oxygens (including phenoxy) is 1. The van der Waals surface area contributed by atoms with Gasteiger partial charge >= 0.3 is 5.97 Å². The summed E-state index contributed by atoms with van der Waals surface area (Å²) in [5.41, 5.74) is 0. The molecule has 0 aromatic carbocycles. The highest BCUT2D eigenvalue weighted by atomic mass is 16.5. The first-order chi connectivity index (χ1) is 12.1. The molecule has 25 heavy (non-hydrogen) atoms. The summed E-state index contributed by atoms with van der Waals surface area (Å²) in [5.74, 6) is 0.175. The SMILES string of the molecule is CCCCCC(O)/C=C/[C@H]1[C@@H](C/C=C\CCCC(=O)O)[C@@H]2CC[C@H]1O2. The number of fused-ring (bicyclic) bond motifs is 2. The van der Waals surface area contributed by atoms with Gasteiger partial charge in [0, 0.05) is 12.3 Å². The normalized spacial score (nSPS) is 29.8.